The first kappa shape index (κ1) is 11.2. The SMILES string of the molecule is C=C(C)/C(CCC)=N\C=C(C)C. The first-order valence-electron chi connectivity index (χ1n) is 4.43. The molecule has 0 unspecified atom stereocenters. The molecule has 0 aromatic heterocycles. The largest absolute Gasteiger partial charge is 0.261 e. The van der Waals surface area contributed by atoms with Crippen molar-refractivity contribution in [3.63, 3.8) is 0 Å². The summed E-state index contributed by atoms with van der Waals surface area (Å²) < 4.78 is 0. The second-order valence-electron chi connectivity index (χ2n) is 3.31. The van der Waals surface area contributed by atoms with Crippen LogP contribution in [0, 0.1) is 0 Å². The van der Waals surface area contributed by atoms with Crippen LogP contribution < -0.4 is 0 Å². The zero-order chi connectivity index (χ0) is 9.56. The second kappa shape index (κ2) is 5.76. The lowest BCUT2D eigenvalue weighted by molar-refractivity contribution is 0.989. The van der Waals surface area contributed by atoms with Crippen molar-refractivity contribution in [2.75, 3.05) is 0 Å². The molecule has 0 spiro atoms. The van der Waals surface area contributed by atoms with Crippen LogP contribution in [0.4, 0.5) is 0 Å². The van der Waals surface area contributed by atoms with Gasteiger partial charge in [0.1, 0.15) is 0 Å². The molecule has 68 valence electrons. The number of nitrogens with zero attached hydrogens (tertiary/aromatic N) is 1. The summed E-state index contributed by atoms with van der Waals surface area (Å²) in [5.74, 6) is 0. The Morgan fingerprint density at radius 3 is 2.25 bits per heavy atom. The van der Waals surface area contributed by atoms with Crippen molar-refractivity contribution in [3.05, 3.63) is 23.9 Å². The van der Waals surface area contributed by atoms with E-state index in [1.165, 1.54) is 5.57 Å². The van der Waals surface area contributed by atoms with Gasteiger partial charge < -0.3 is 0 Å². The average molecular weight is 165 g/mol. The van der Waals surface area contributed by atoms with Crippen LogP contribution in [0.25, 0.3) is 0 Å². The molecular weight excluding hydrogens is 146 g/mol. The van der Waals surface area contributed by atoms with Crippen molar-refractivity contribution in [2.45, 2.75) is 40.5 Å². The summed E-state index contributed by atoms with van der Waals surface area (Å²) in [6, 6.07) is 0. The lowest BCUT2D eigenvalue weighted by atomic mass is 10.1. The maximum absolute atomic E-state index is 4.37. The van der Waals surface area contributed by atoms with Crippen LogP contribution in [0.15, 0.2) is 28.9 Å². The summed E-state index contributed by atoms with van der Waals surface area (Å²) >= 11 is 0. The van der Waals surface area contributed by atoms with Crippen molar-refractivity contribution in [1.29, 1.82) is 0 Å². The molecule has 0 aliphatic heterocycles. The Hall–Kier alpha value is -0.850. The number of allylic oxidation sites excluding steroid dienone is 2. The maximum Gasteiger partial charge on any atom is 0.0426 e. The topological polar surface area (TPSA) is 12.4 Å². The van der Waals surface area contributed by atoms with E-state index < -0.39 is 0 Å². The summed E-state index contributed by atoms with van der Waals surface area (Å²) in [5.41, 5.74) is 3.43. The zero-order valence-electron chi connectivity index (χ0n) is 8.65. The number of rotatable bonds is 4. The third-order valence-corrected chi connectivity index (χ3v) is 1.46. The van der Waals surface area contributed by atoms with Crippen LogP contribution >= 0.6 is 0 Å². The number of hydrogen-bond donors (Lipinski definition) is 0. The first-order chi connectivity index (χ1) is 5.57. The summed E-state index contributed by atoms with van der Waals surface area (Å²) in [6.07, 6.45) is 4.06. The highest BCUT2D eigenvalue weighted by Crippen LogP contribution is 2.03. The minimum absolute atomic E-state index is 1.03. The Bertz CT molecular complexity index is 205. The predicted molar refractivity (Wildman–Crippen MR) is 56.6 cm³/mol. The summed E-state index contributed by atoms with van der Waals surface area (Å²) in [5, 5.41) is 0. The fourth-order valence-electron chi connectivity index (χ4n) is 0.832. The van der Waals surface area contributed by atoms with Gasteiger partial charge in [0, 0.05) is 11.9 Å². The van der Waals surface area contributed by atoms with E-state index in [4.69, 9.17) is 0 Å². The van der Waals surface area contributed by atoms with E-state index in [0.29, 0.717) is 0 Å². The second-order valence-corrected chi connectivity index (χ2v) is 3.31. The molecule has 0 aliphatic rings. The lowest BCUT2D eigenvalue weighted by Gasteiger charge is -2.01. The Morgan fingerprint density at radius 2 is 1.92 bits per heavy atom. The van der Waals surface area contributed by atoms with Crippen molar-refractivity contribution in [2.24, 2.45) is 4.99 Å². The van der Waals surface area contributed by atoms with Gasteiger partial charge in [0.2, 0.25) is 0 Å². The molecule has 0 aromatic rings. The maximum atomic E-state index is 4.37. The molecule has 0 saturated heterocycles. The fourth-order valence-corrected chi connectivity index (χ4v) is 0.832. The molecule has 0 bridgehead atoms. The quantitative estimate of drug-likeness (QED) is 0.563. The van der Waals surface area contributed by atoms with Gasteiger partial charge in [-0.15, -0.1) is 0 Å². The Morgan fingerprint density at radius 1 is 1.33 bits per heavy atom. The molecule has 0 aromatic carbocycles. The highest BCUT2D eigenvalue weighted by atomic mass is 14.7. The van der Waals surface area contributed by atoms with Gasteiger partial charge in [-0.3, -0.25) is 4.99 Å². The standard InChI is InChI=1S/C11H19N/c1-6-7-11(10(4)5)12-8-9(2)3/h8H,4,6-7H2,1-3,5H3/b12-11-. The van der Waals surface area contributed by atoms with Gasteiger partial charge in [-0.05, 0) is 32.8 Å². The van der Waals surface area contributed by atoms with E-state index in [1.54, 1.807) is 0 Å². The highest BCUT2D eigenvalue weighted by Gasteiger charge is 1.96. The van der Waals surface area contributed by atoms with Crippen molar-refractivity contribution in [3.8, 4) is 0 Å². The van der Waals surface area contributed by atoms with E-state index in [2.05, 4.69) is 18.5 Å². The minimum Gasteiger partial charge on any atom is -0.261 e. The number of aliphatic imine (C=N–C) groups is 1. The Balaban J connectivity index is 4.39. The third-order valence-electron chi connectivity index (χ3n) is 1.46. The van der Waals surface area contributed by atoms with Gasteiger partial charge in [-0.1, -0.05) is 25.5 Å². The molecule has 0 fully saturated rings. The molecule has 0 atom stereocenters. The smallest absolute Gasteiger partial charge is 0.0426 e. The Kier molecular flexibility index (Phi) is 5.35. The van der Waals surface area contributed by atoms with Crippen LogP contribution in [0.2, 0.25) is 0 Å². The van der Waals surface area contributed by atoms with Crippen LogP contribution in [0.5, 0.6) is 0 Å². The van der Waals surface area contributed by atoms with Gasteiger partial charge in [0.25, 0.3) is 0 Å². The van der Waals surface area contributed by atoms with E-state index in [-0.39, 0.29) is 0 Å². The highest BCUT2D eigenvalue weighted by molar-refractivity contribution is 5.99. The van der Waals surface area contributed by atoms with Crippen LogP contribution in [-0.4, -0.2) is 5.71 Å². The molecule has 0 aliphatic carbocycles. The molecule has 0 saturated carbocycles. The third kappa shape index (κ3) is 4.89. The van der Waals surface area contributed by atoms with E-state index in [0.717, 1.165) is 24.1 Å². The molecule has 0 amide bonds. The van der Waals surface area contributed by atoms with Crippen LogP contribution in [0.1, 0.15) is 40.5 Å². The lowest BCUT2D eigenvalue weighted by Crippen LogP contribution is -1.97. The molecule has 12 heavy (non-hydrogen) atoms. The van der Waals surface area contributed by atoms with E-state index >= 15 is 0 Å². The predicted octanol–water partition coefficient (Wildman–Crippen LogP) is 3.73. The van der Waals surface area contributed by atoms with Crippen LogP contribution in [-0.2, 0) is 0 Å². The van der Waals surface area contributed by atoms with Crippen molar-refractivity contribution in [1.82, 2.24) is 0 Å². The van der Waals surface area contributed by atoms with Gasteiger partial charge in [0.15, 0.2) is 0 Å². The molecule has 0 radical (unpaired) electrons. The first-order valence-corrected chi connectivity index (χ1v) is 4.43. The molecule has 0 heterocycles. The van der Waals surface area contributed by atoms with Crippen molar-refractivity contribution < 1.29 is 0 Å². The summed E-state index contributed by atoms with van der Waals surface area (Å²) in [7, 11) is 0. The monoisotopic (exact) mass is 165 g/mol. The normalized spacial score (nSPS) is 11.2. The molecule has 0 N–H and O–H groups in total. The molecule has 1 heteroatoms. The van der Waals surface area contributed by atoms with Gasteiger partial charge >= 0.3 is 0 Å². The van der Waals surface area contributed by atoms with E-state index in [1.807, 2.05) is 27.0 Å². The van der Waals surface area contributed by atoms with Gasteiger partial charge in [0.05, 0.1) is 0 Å². The fraction of sp³-hybridized carbons (Fsp3) is 0.545. The van der Waals surface area contributed by atoms with E-state index in [9.17, 15) is 0 Å². The summed E-state index contributed by atoms with van der Waals surface area (Å²) in [6.45, 7) is 12.1. The molecular formula is C11H19N. The van der Waals surface area contributed by atoms with Gasteiger partial charge in [-0.25, -0.2) is 0 Å². The van der Waals surface area contributed by atoms with Crippen molar-refractivity contribution >= 4 is 5.71 Å². The Labute approximate surface area is 75.9 Å². The average Bonchev–Trinajstić information content (AvgIpc) is 1.96. The number of hydrogen-bond acceptors (Lipinski definition) is 1. The zero-order valence-corrected chi connectivity index (χ0v) is 8.65. The molecule has 0 rings (SSSR count). The van der Waals surface area contributed by atoms with Gasteiger partial charge in [-0.2, -0.15) is 0 Å². The van der Waals surface area contributed by atoms with Crippen LogP contribution in [0.3, 0.4) is 0 Å². The minimum atomic E-state index is 1.03. The summed E-state index contributed by atoms with van der Waals surface area (Å²) in [4.78, 5) is 4.37. The molecule has 1 nitrogen and oxygen atoms in total.